The first kappa shape index (κ1) is 22.2. The summed E-state index contributed by atoms with van der Waals surface area (Å²) < 4.78 is 6.41. The number of hydrogen-bond acceptors (Lipinski definition) is 3. The topological polar surface area (TPSA) is 41.5 Å². The molecule has 3 heteroatoms. The van der Waals surface area contributed by atoms with Crippen LogP contribution in [0, 0.1) is 0 Å². The Morgan fingerprint density at radius 1 is 0.963 bits per heavy atom. The van der Waals surface area contributed by atoms with Crippen molar-refractivity contribution in [1.29, 1.82) is 0 Å². The molecular formula is C24H41NO2. The Kier molecular flexibility index (Phi) is 5.83. The van der Waals surface area contributed by atoms with Crippen molar-refractivity contribution in [1.82, 2.24) is 5.32 Å². The third-order valence-electron chi connectivity index (χ3n) is 5.45. The predicted molar refractivity (Wildman–Crippen MR) is 115 cm³/mol. The van der Waals surface area contributed by atoms with Gasteiger partial charge >= 0.3 is 0 Å². The molecule has 2 N–H and O–H groups in total. The lowest BCUT2D eigenvalue weighted by molar-refractivity contribution is -0.0308. The van der Waals surface area contributed by atoms with Crippen molar-refractivity contribution in [2.75, 3.05) is 0 Å². The van der Waals surface area contributed by atoms with Crippen LogP contribution in [0.15, 0.2) is 12.1 Å². The van der Waals surface area contributed by atoms with Gasteiger partial charge < -0.3 is 15.2 Å². The van der Waals surface area contributed by atoms with Gasteiger partial charge in [-0.1, -0.05) is 53.7 Å². The summed E-state index contributed by atoms with van der Waals surface area (Å²) in [6.07, 6.45) is 2.20. The molecule has 2 rings (SSSR count). The number of phenolic OH excluding ortho intramolecular Hbond substituents is 1. The van der Waals surface area contributed by atoms with Crippen LogP contribution in [-0.2, 0) is 22.2 Å². The van der Waals surface area contributed by atoms with Crippen LogP contribution in [0.5, 0.6) is 5.75 Å². The van der Waals surface area contributed by atoms with E-state index in [0.717, 1.165) is 29.5 Å². The van der Waals surface area contributed by atoms with E-state index in [1.807, 2.05) is 0 Å². The van der Waals surface area contributed by atoms with Crippen molar-refractivity contribution < 1.29 is 9.84 Å². The Balaban J connectivity index is 2.30. The highest BCUT2D eigenvalue weighted by molar-refractivity contribution is 5.51. The molecule has 0 radical (unpaired) electrons. The fraction of sp³-hybridized carbons (Fsp3) is 0.750. The summed E-state index contributed by atoms with van der Waals surface area (Å²) in [5.41, 5.74) is 3.02. The largest absolute Gasteiger partial charge is 0.507 e. The molecule has 0 aliphatic carbocycles. The van der Waals surface area contributed by atoms with E-state index in [1.165, 1.54) is 0 Å². The molecule has 0 atom stereocenters. The molecule has 1 fully saturated rings. The fourth-order valence-corrected chi connectivity index (χ4v) is 4.75. The second-order valence-corrected chi connectivity index (χ2v) is 11.7. The molecule has 0 amide bonds. The van der Waals surface area contributed by atoms with Crippen LogP contribution in [0.3, 0.4) is 0 Å². The van der Waals surface area contributed by atoms with Crippen molar-refractivity contribution in [2.24, 2.45) is 0 Å². The number of piperidine rings is 1. The number of phenols is 1. The van der Waals surface area contributed by atoms with Gasteiger partial charge in [-0.05, 0) is 62.5 Å². The zero-order valence-corrected chi connectivity index (χ0v) is 19.2. The third kappa shape index (κ3) is 5.48. The SMILES string of the molecule is CC1(C)CC(OCc2ccc(C(C)(C)C)c(O)c2C(C)(C)C)CC(C)(C)N1. The lowest BCUT2D eigenvalue weighted by atomic mass is 9.77. The van der Waals surface area contributed by atoms with Crippen molar-refractivity contribution in [2.45, 2.75) is 117 Å². The molecule has 0 aromatic heterocycles. The van der Waals surface area contributed by atoms with E-state index in [1.54, 1.807) is 0 Å². The Labute approximate surface area is 166 Å². The minimum atomic E-state index is -0.142. The van der Waals surface area contributed by atoms with E-state index >= 15 is 0 Å². The second kappa shape index (κ2) is 7.08. The van der Waals surface area contributed by atoms with Gasteiger partial charge in [0.1, 0.15) is 5.75 Å². The van der Waals surface area contributed by atoms with Gasteiger partial charge in [0.15, 0.2) is 0 Å². The Hall–Kier alpha value is -1.06. The van der Waals surface area contributed by atoms with Gasteiger partial charge in [0.2, 0.25) is 0 Å². The molecule has 27 heavy (non-hydrogen) atoms. The molecule has 1 aromatic rings. The van der Waals surface area contributed by atoms with Crippen molar-refractivity contribution >= 4 is 0 Å². The number of aromatic hydroxyl groups is 1. The first-order valence-corrected chi connectivity index (χ1v) is 10.3. The van der Waals surface area contributed by atoms with Gasteiger partial charge in [0.05, 0.1) is 12.7 Å². The van der Waals surface area contributed by atoms with Crippen LogP contribution in [0.4, 0.5) is 0 Å². The Bertz CT molecular complexity index is 659. The minimum Gasteiger partial charge on any atom is -0.507 e. The summed E-state index contributed by atoms with van der Waals surface area (Å²) in [5.74, 6) is 0.432. The third-order valence-corrected chi connectivity index (χ3v) is 5.45. The summed E-state index contributed by atoms with van der Waals surface area (Å²) in [6.45, 7) is 22.4. The summed E-state index contributed by atoms with van der Waals surface area (Å²) in [4.78, 5) is 0. The maximum absolute atomic E-state index is 11.1. The Morgan fingerprint density at radius 3 is 1.93 bits per heavy atom. The molecule has 0 unspecified atom stereocenters. The van der Waals surface area contributed by atoms with E-state index in [9.17, 15) is 5.11 Å². The summed E-state index contributed by atoms with van der Waals surface area (Å²) in [7, 11) is 0. The number of nitrogens with one attached hydrogen (secondary N) is 1. The lowest BCUT2D eigenvalue weighted by Crippen LogP contribution is -2.59. The zero-order valence-electron chi connectivity index (χ0n) is 19.2. The Morgan fingerprint density at radius 2 is 1.48 bits per heavy atom. The molecule has 0 spiro atoms. The molecule has 1 aliphatic heterocycles. The van der Waals surface area contributed by atoms with Crippen LogP contribution in [-0.4, -0.2) is 22.3 Å². The van der Waals surface area contributed by atoms with Gasteiger partial charge in [0.25, 0.3) is 0 Å². The number of hydrogen-bond donors (Lipinski definition) is 2. The first-order chi connectivity index (χ1) is 12.0. The van der Waals surface area contributed by atoms with Gasteiger partial charge in [-0.3, -0.25) is 0 Å². The molecule has 1 aliphatic rings. The summed E-state index contributed by atoms with van der Waals surface area (Å²) in [5, 5.41) is 14.8. The van der Waals surface area contributed by atoms with E-state index in [-0.39, 0.29) is 28.0 Å². The lowest BCUT2D eigenvalue weighted by Gasteiger charge is -2.46. The normalized spacial score (nSPS) is 20.7. The van der Waals surface area contributed by atoms with Gasteiger partial charge in [0, 0.05) is 16.6 Å². The maximum Gasteiger partial charge on any atom is 0.123 e. The minimum absolute atomic E-state index is 0.0670. The van der Waals surface area contributed by atoms with Crippen LogP contribution in [0.2, 0.25) is 0 Å². The number of benzene rings is 1. The van der Waals surface area contributed by atoms with Crippen LogP contribution >= 0.6 is 0 Å². The highest BCUT2D eigenvalue weighted by Crippen LogP contribution is 2.41. The second-order valence-electron chi connectivity index (χ2n) is 11.7. The van der Waals surface area contributed by atoms with E-state index in [4.69, 9.17) is 4.74 Å². The van der Waals surface area contributed by atoms with Crippen LogP contribution < -0.4 is 5.32 Å². The molecular weight excluding hydrogens is 334 g/mol. The van der Waals surface area contributed by atoms with Crippen molar-refractivity contribution in [3.05, 3.63) is 28.8 Å². The smallest absolute Gasteiger partial charge is 0.123 e. The zero-order chi connectivity index (χ0) is 20.8. The molecule has 3 nitrogen and oxygen atoms in total. The first-order valence-electron chi connectivity index (χ1n) is 10.3. The van der Waals surface area contributed by atoms with E-state index in [0.29, 0.717) is 12.4 Å². The number of ether oxygens (including phenoxy) is 1. The standard InChI is InChI=1S/C24H41NO2/c1-21(2,3)18-12-11-16(19(20(18)26)22(4,5)6)15-27-17-13-23(7,8)25-24(9,10)14-17/h11-12,17,25-26H,13-15H2,1-10H3. The van der Waals surface area contributed by atoms with Crippen molar-refractivity contribution in [3.8, 4) is 5.75 Å². The quantitative estimate of drug-likeness (QED) is 0.700. The van der Waals surface area contributed by atoms with Gasteiger partial charge in [-0.2, -0.15) is 0 Å². The maximum atomic E-state index is 11.1. The monoisotopic (exact) mass is 375 g/mol. The van der Waals surface area contributed by atoms with E-state index in [2.05, 4.69) is 86.7 Å². The highest BCUT2D eigenvalue weighted by Gasteiger charge is 2.38. The molecule has 1 saturated heterocycles. The molecule has 154 valence electrons. The van der Waals surface area contributed by atoms with Crippen molar-refractivity contribution in [3.63, 3.8) is 0 Å². The van der Waals surface area contributed by atoms with Gasteiger partial charge in [-0.25, -0.2) is 0 Å². The summed E-state index contributed by atoms with van der Waals surface area (Å²) in [6, 6.07) is 4.22. The summed E-state index contributed by atoms with van der Waals surface area (Å²) >= 11 is 0. The molecule has 0 saturated carbocycles. The molecule has 1 aromatic carbocycles. The van der Waals surface area contributed by atoms with Crippen LogP contribution in [0.25, 0.3) is 0 Å². The molecule has 0 bridgehead atoms. The highest BCUT2D eigenvalue weighted by atomic mass is 16.5. The predicted octanol–water partition coefficient (Wildman–Crippen LogP) is 5.81. The van der Waals surface area contributed by atoms with Gasteiger partial charge in [-0.15, -0.1) is 0 Å². The van der Waals surface area contributed by atoms with E-state index < -0.39 is 0 Å². The fourth-order valence-electron chi connectivity index (χ4n) is 4.75. The number of rotatable bonds is 3. The van der Waals surface area contributed by atoms with Crippen LogP contribution in [0.1, 0.15) is 98.8 Å². The average Bonchev–Trinajstić information content (AvgIpc) is 2.38. The average molecular weight is 376 g/mol. The molecule has 1 heterocycles.